The van der Waals surface area contributed by atoms with Crippen LogP contribution in [0.1, 0.15) is 35.1 Å². The number of nitrogens with one attached hydrogen (secondary N) is 5. The highest BCUT2D eigenvalue weighted by Crippen LogP contribution is 2.31. The van der Waals surface area contributed by atoms with Gasteiger partial charge in [0.25, 0.3) is 0 Å². The van der Waals surface area contributed by atoms with E-state index in [1.54, 1.807) is 31.3 Å². The van der Waals surface area contributed by atoms with E-state index in [-0.39, 0.29) is 36.2 Å². The summed E-state index contributed by atoms with van der Waals surface area (Å²) in [5, 5.41) is 37.1. The van der Waals surface area contributed by atoms with Crippen LogP contribution in [0.4, 0.5) is 0 Å². The molecule has 3 amide bonds. The Hall–Kier alpha value is -5.27. The lowest BCUT2D eigenvalue weighted by Gasteiger charge is -2.27. The molecule has 0 unspecified atom stereocenters. The van der Waals surface area contributed by atoms with Gasteiger partial charge < -0.3 is 36.8 Å². The molecule has 7 N–H and O–H groups in total. The number of aromatic hydroxyl groups is 2. The number of rotatable bonds is 12. The van der Waals surface area contributed by atoms with E-state index in [9.17, 15) is 24.6 Å². The van der Waals surface area contributed by atoms with Crippen LogP contribution in [-0.2, 0) is 40.3 Å². The summed E-state index contributed by atoms with van der Waals surface area (Å²) >= 11 is 0. The Balaban J connectivity index is 1.27. The number of likely N-dealkylation sites (N-methyl/N-ethyl adjacent to an activating group) is 1. The monoisotopic (exact) mass is 775 g/mol. The first-order valence-electron chi connectivity index (χ1n) is 20.1. The van der Waals surface area contributed by atoms with Gasteiger partial charge in [0.1, 0.15) is 23.6 Å². The SMILES string of the molecule is CNCCC[C@@H]1NC(=O)[C@@H](NC)Cc2cc(ccc2O)-c2ccc(O)c(c2)C[C@@H](C(=O)NCC2CN(Cc3ccccc3)CCN(Cc3ccccc3)C2)NC1=O. The van der Waals surface area contributed by atoms with E-state index < -0.39 is 29.9 Å². The number of nitrogens with zero attached hydrogens (tertiary/aromatic N) is 2. The smallest absolute Gasteiger partial charge is 0.243 e. The van der Waals surface area contributed by atoms with Crippen LogP contribution in [0.25, 0.3) is 11.1 Å². The highest BCUT2D eigenvalue weighted by Gasteiger charge is 2.31. The number of hydrogen-bond acceptors (Lipinski definition) is 9. The Morgan fingerprint density at radius 2 is 1.30 bits per heavy atom. The van der Waals surface area contributed by atoms with Crippen molar-refractivity contribution in [3.63, 3.8) is 0 Å². The van der Waals surface area contributed by atoms with Crippen LogP contribution in [-0.4, -0.2) is 109 Å². The summed E-state index contributed by atoms with van der Waals surface area (Å²) in [4.78, 5) is 47.1. The van der Waals surface area contributed by atoms with Crippen molar-refractivity contribution in [2.75, 3.05) is 53.4 Å². The number of hydrogen-bond donors (Lipinski definition) is 7. The van der Waals surface area contributed by atoms with Crippen LogP contribution < -0.4 is 26.6 Å². The Kier molecular flexibility index (Phi) is 14.7. The van der Waals surface area contributed by atoms with Gasteiger partial charge in [-0.2, -0.15) is 0 Å². The van der Waals surface area contributed by atoms with Crippen LogP contribution in [0.3, 0.4) is 0 Å². The molecule has 0 aromatic heterocycles. The minimum absolute atomic E-state index is 0.000104. The van der Waals surface area contributed by atoms with Crippen molar-refractivity contribution in [2.45, 2.75) is 56.9 Å². The van der Waals surface area contributed by atoms with Crippen molar-refractivity contribution in [1.82, 2.24) is 36.4 Å². The lowest BCUT2D eigenvalue weighted by Crippen LogP contribution is -2.57. The molecule has 12 heteroatoms. The van der Waals surface area contributed by atoms with E-state index in [2.05, 4.69) is 84.9 Å². The van der Waals surface area contributed by atoms with Crippen LogP contribution in [0.15, 0.2) is 97.1 Å². The van der Waals surface area contributed by atoms with Gasteiger partial charge in [0.2, 0.25) is 17.7 Å². The van der Waals surface area contributed by atoms with Crippen LogP contribution >= 0.6 is 0 Å². The van der Waals surface area contributed by atoms with E-state index in [4.69, 9.17) is 0 Å². The van der Waals surface area contributed by atoms with Crippen molar-refractivity contribution in [2.24, 2.45) is 5.92 Å². The zero-order valence-corrected chi connectivity index (χ0v) is 33.0. The number of benzene rings is 4. The van der Waals surface area contributed by atoms with E-state index in [1.165, 1.54) is 11.1 Å². The summed E-state index contributed by atoms with van der Waals surface area (Å²) in [6.07, 6.45) is 1.13. The van der Waals surface area contributed by atoms with Crippen molar-refractivity contribution < 1.29 is 24.6 Å². The minimum Gasteiger partial charge on any atom is -0.508 e. The first-order chi connectivity index (χ1) is 27.7. The summed E-state index contributed by atoms with van der Waals surface area (Å²) in [7, 11) is 3.49. The summed E-state index contributed by atoms with van der Waals surface area (Å²) in [6.45, 7) is 5.95. The van der Waals surface area contributed by atoms with Crippen molar-refractivity contribution >= 4 is 17.7 Å². The second-order valence-corrected chi connectivity index (χ2v) is 15.4. The maximum atomic E-state index is 14.4. The maximum absolute atomic E-state index is 14.4. The van der Waals surface area contributed by atoms with Crippen molar-refractivity contribution in [3.8, 4) is 22.6 Å². The van der Waals surface area contributed by atoms with E-state index in [1.807, 2.05) is 31.3 Å². The fraction of sp³-hybridized carbons (Fsp3) is 0.400. The first kappa shape index (κ1) is 41.4. The highest BCUT2D eigenvalue weighted by atomic mass is 16.3. The molecule has 2 aliphatic heterocycles. The van der Waals surface area contributed by atoms with Crippen LogP contribution in [0.5, 0.6) is 11.5 Å². The van der Waals surface area contributed by atoms with Crippen LogP contribution in [0.2, 0.25) is 0 Å². The second-order valence-electron chi connectivity index (χ2n) is 15.4. The molecule has 2 aliphatic rings. The van der Waals surface area contributed by atoms with Gasteiger partial charge in [0, 0.05) is 64.6 Å². The average Bonchev–Trinajstić information content (AvgIpc) is 3.41. The van der Waals surface area contributed by atoms with Crippen LogP contribution in [0, 0.1) is 5.92 Å². The molecular weight excluding hydrogens is 719 g/mol. The largest absolute Gasteiger partial charge is 0.508 e. The molecule has 0 radical (unpaired) electrons. The van der Waals surface area contributed by atoms with Gasteiger partial charge in [-0.15, -0.1) is 0 Å². The first-order valence-corrected chi connectivity index (χ1v) is 20.1. The van der Waals surface area contributed by atoms with E-state index in [0.717, 1.165) is 50.4 Å². The molecule has 302 valence electrons. The molecule has 0 spiro atoms. The summed E-state index contributed by atoms with van der Waals surface area (Å²) in [5.74, 6) is -1.11. The third-order valence-corrected chi connectivity index (χ3v) is 11.0. The molecule has 4 bridgehead atoms. The lowest BCUT2D eigenvalue weighted by atomic mass is 9.95. The number of phenols is 2. The van der Waals surface area contributed by atoms with Gasteiger partial charge in [0.05, 0.1) is 6.04 Å². The molecule has 1 fully saturated rings. The quantitative estimate of drug-likeness (QED) is 0.108. The Morgan fingerprint density at radius 3 is 1.84 bits per heavy atom. The highest BCUT2D eigenvalue weighted by molar-refractivity contribution is 5.93. The fourth-order valence-electron chi connectivity index (χ4n) is 7.85. The normalized spacial score (nSPS) is 20.1. The van der Waals surface area contributed by atoms with Crippen molar-refractivity contribution in [1.29, 1.82) is 0 Å². The molecule has 6 rings (SSSR count). The van der Waals surface area contributed by atoms with Gasteiger partial charge in [-0.1, -0.05) is 72.8 Å². The predicted octanol–water partition coefficient (Wildman–Crippen LogP) is 3.17. The zero-order valence-electron chi connectivity index (χ0n) is 33.0. The summed E-state index contributed by atoms with van der Waals surface area (Å²) < 4.78 is 0. The zero-order chi connectivity index (χ0) is 40.1. The molecule has 57 heavy (non-hydrogen) atoms. The molecule has 2 heterocycles. The summed E-state index contributed by atoms with van der Waals surface area (Å²) in [6, 6.07) is 28.5. The van der Waals surface area contributed by atoms with Crippen molar-refractivity contribution in [3.05, 3.63) is 119 Å². The number of phenolic OH excluding ortho intramolecular Hbond substituents is 2. The fourth-order valence-corrected chi connectivity index (χ4v) is 7.85. The third-order valence-electron chi connectivity index (χ3n) is 11.0. The Bertz CT molecular complexity index is 1890. The lowest BCUT2D eigenvalue weighted by molar-refractivity contribution is -0.132. The van der Waals surface area contributed by atoms with E-state index >= 15 is 0 Å². The van der Waals surface area contributed by atoms with Gasteiger partial charge in [-0.3, -0.25) is 24.2 Å². The number of fused-ring (bicyclic) bond motifs is 5. The van der Waals surface area contributed by atoms with Gasteiger partial charge in [-0.05, 0) is 91.1 Å². The second kappa shape index (κ2) is 20.2. The Morgan fingerprint density at radius 1 is 0.737 bits per heavy atom. The average molecular weight is 776 g/mol. The molecule has 0 saturated carbocycles. The van der Waals surface area contributed by atoms with E-state index in [0.29, 0.717) is 37.1 Å². The molecule has 1 saturated heterocycles. The molecule has 0 aliphatic carbocycles. The number of carbonyl (C=O) groups excluding carboxylic acids is 3. The molecule has 12 nitrogen and oxygen atoms in total. The number of amides is 3. The number of carbonyl (C=O) groups is 3. The molecule has 3 atom stereocenters. The molecular formula is C45H57N7O5. The molecule has 4 aromatic rings. The third kappa shape index (κ3) is 11.6. The Labute approximate surface area is 336 Å². The molecule has 4 aromatic carbocycles. The standard InChI is InChI=1S/C45H57N7O5/c1-46-19-9-14-38-44(56)50-40(25-37-23-35(16-18-42(37)54)34-15-17-41(53)36(22-34)24-39(47-2)45(57)49-38)43(55)48-26-33-29-51(27-31-10-5-3-6-11-31)20-21-52(30-33)28-32-12-7-4-8-13-32/h3-8,10-13,15-18,22-23,33,38-40,46-47,53-54H,9,14,19-21,24-30H2,1-2H3,(H,48,55)(H,49,57)(H,50,56)/t38-,39-,40-/m0/s1. The summed E-state index contributed by atoms with van der Waals surface area (Å²) in [5.41, 5.74) is 5.05. The maximum Gasteiger partial charge on any atom is 0.243 e. The topological polar surface area (TPSA) is 158 Å². The van der Waals surface area contributed by atoms with Gasteiger partial charge in [-0.25, -0.2) is 0 Å². The van der Waals surface area contributed by atoms with Gasteiger partial charge in [0.15, 0.2) is 0 Å². The van der Waals surface area contributed by atoms with Gasteiger partial charge >= 0.3 is 0 Å². The minimum atomic E-state index is -1.05. The predicted molar refractivity (Wildman–Crippen MR) is 222 cm³/mol.